The van der Waals surface area contributed by atoms with Gasteiger partial charge in [0.25, 0.3) is 11.8 Å². The lowest BCUT2D eigenvalue weighted by Crippen LogP contribution is -2.44. The zero-order chi connectivity index (χ0) is 19.0. The van der Waals surface area contributed by atoms with Crippen molar-refractivity contribution in [1.82, 2.24) is 4.90 Å². The lowest BCUT2D eigenvalue weighted by atomic mass is 10.2. The molecule has 3 amide bonds. The molecule has 2 aliphatic rings. The van der Waals surface area contributed by atoms with Crippen molar-refractivity contribution in [1.29, 1.82) is 0 Å². The number of nitrogens with zero attached hydrogens (tertiary/aromatic N) is 2. The second-order valence-corrected chi connectivity index (χ2v) is 7.76. The van der Waals surface area contributed by atoms with E-state index in [1.807, 2.05) is 36.4 Å². The van der Waals surface area contributed by atoms with Crippen molar-refractivity contribution >= 4 is 57.8 Å². The van der Waals surface area contributed by atoms with Crippen molar-refractivity contribution in [2.75, 3.05) is 4.90 Å². The van der Waals surface area contributed by atoms with Crippen LogP contribution in [0.2, 0.25) is 0 Å². The van der Waals surface area contributed by atoms with E-state index in [0.717, 1.165) is 22.2 Å². The maximum Gasteiger partial charge on any atom is 0.266 e. The number of thioether (sulfide) groups is 1. The van der Waals surface area contributed by atoms with Crippen molar-refractivity contribution < 1.29 is 14.4 Å². The summed E-state index contributed by atoms with van der Waals surface area (Å²) >= 11 is 6.49. The third kappa shape index (κ3) is 3.20. The predicted octanol–water partition coefficient (Wildman–Crippen LogP) is 3.22. The van der Waals surface area contributed by atoms with Crippen molar-refractivity contribution in [2.45, 2.75) is 12.5 Å². The third-order valence-corrected chi connectivity index (χ3v) is 5.70. The van der Waals surface area contributed by atoms with Gasteiger partial charge in [-0.15, -0.1) is 0 Å². The van der Waals surface area contributed by atoms with E-state index < -0.39 is 11.9 Å². The summed E-state index contributed by atoms with van der Waals surface area (Å²) in [7, 11) is 0. The number of amides is 3. The molecule has 2 saturated heterocycles. The predicted molar refractivity (Wildman–Crippen MR) is 109 cm³/mol. The quantitative estimate of drug-likeness (QED) is 0.455. The smallest absolute Gasteiger partial charge is 0.266 e. The molecular weight excluding hydrogens is 380 g/mol. The van der Waals surface area contributed by atoms with Crippen molar-refractivity contribution in [3.05, 3.63) is 71.1 Å². The van der Waals surface area contributed by atoms with Gasteiger partial charge in [0.15, 0.2) is 0 Å². The van der Waals surface area contributed by atoms with E-state index in [-0.39, 0.29) is 18.2 Å². The fourth-order valence-electron chi connectivity index (χ4n) is 3.12. The van der Waals surface area contributed by atoms with Crippen LogP contribution in [0.5, 0.6) is 0 Å². The molecule has 4 rings (SSSR count). The van der Waals surface area contributed by atoms with Gasteiger partial charge in [-0.05, 0) is 23.8 Å². The molecule has 5 nitrogen and oxygen atoms in total. The summed E-state index contributed by atoms with van der Waals surface area (Å²) in [5.41, 5.74) is 1.37. The minimum atomic E-state index is -0.896. The summed E-state index contributed by atoms with van der Waals surface area (Å²) in [5.74, 6) is -1.10. The Labute approximate surface area is 165 Å². The first-order valence-electron chi connectivity index (χ1n) is 8.30. The summed E-state index contributed by atoms with van der Waals surface area (Å²) in [6, 6.07) is 17.2. The molecule has 0 N–H and O–H groups in total. The van der Waals surface area contributed by atoms with E-state index in [9.17, 15) is 14.4 Å². The molecule has 0 spiro atoms. The van der Waals surface area contributed by atoms with Gasteiger partial charge in [-0.3, -0.25) is 19.3 Å². The van der Waals surface area contributed by atoms with E-state index in [2.05, 4.69) is 0 Å². The fraction of sp³-hybridized carbons (Fsp3) is 0.100. The molecule has 0 bridgehead atoms. The van der Waals surface area contributed by atoms with Crippen LogP contribution < -0.4 is 4.90 Å². The van der Waals surface area contributed by atoms with Crippen molar-refractivity contribution in [3.63, 3.8) is 0 Å². The number of benzene rings is 2. The summed E-state index contributed by atoms with van der Waals surface area (Å²) in [5, 5.41) is 0. The fourth-order valence-corrected chi connectivity index (χ4v) is 4.47. The zero-order valence-corrected chi connectivity index (χ0v) is 15.7. The number of carbonyl (C=O) groups is 3. The molecule has 134 valence electrons. The van der Waals surface area contributed by atoms with Crippen LogP contribution in [-0.4, -0.2) is 33.0 Å². The van der Waals surface area contributed by atoms with E-state index >= 15 is 0 Å². The van der Waals surface area contributed by atoms with E-state index in [4.69, 9.17) is 12.2 Å². The zero-order valence-electron chi connectivity index (χ0n) is 14.1. The third-order valence-electron chi connectivity index (χ3n) is 4.37. The normalized spacial score (nSPS) is 21.6. The second-order valence-electron chi connectivity index (χ2n) is 6.09. The lowest BCUT2D eigenvalue weighted by molar-refractivity contribution is -0.129. The number of rotatable bonds is 3. The molecule has 27 heavy (non-hydrogen) atoms. The largest absolute Gasteiger partial charge is 0.280 e. The maximum atomic E-state index is 12.9. The van der Waals surface area contributed by atoms with Crippen LogP contribution in [0.3, 0.4) is 0 Å². The highest BCUT2D eigenvalue weighted by Gasteiger charge is 2.48. The minimum absolute atomic E-state index is 0.0707. The van der Waals surface area contributed by atoms with Gasteiger partial charge in [0.1, 0.15) is 10.4 Å². The first-order chi connectivity index (χ1) is 13.1. The average Bonchev–Trinajstić information content (AvgIpc) is 3.11. The van der Waals surface area contributed by atoms with E-state index in [1.54, 1.807) is 30.3 Å². The molecule has 0 aliphatic carbocycles. The molecule has 7 heteroatoms. The molecule has 2 aliphatic heterocycles. The molecule has 0 unspecified atom stereocenters. The lowest BCUT2D eigenvalue weighted by Gasteiger charge is -2.21. The number of carbonyl (C=O) groups excluding carboxylic acids is 3. The van der Waals surface area contributed by atoms with Gasteiger partial charge in [-0.1, -0.05) is 72.5 Å². The van der Waals surface area contributed by atoms with Crippen LogP contribution in [-0.2, 0) is 14.4 Å². The monoisotopic (exact) mass is 394 g/mol. The molecule has 0 radical (unpaired) electrons. The number of para-hydroxylation sites is 1. The second kappa shape index (κ2) is 7.09. The molecule has 2 fully saturated rings. The minimum Gasteiger partial charge on any atom is -0.280 e. The standard InChI is InChI=1S/C20H14N2O3S2/c23-17-12-15(18(24)21(17)14-9-5-2-6-10-14)22-19(25)16(27-20(22)26)11-13-7-3-1-4-8-13/h1-11,15H,12H2/b16-11-/t15-/m1/s1. The first kappa shape index (κ1) is 17.6. The van der Waals surface area contributed by atoms with Gasteiger partial charge in [-0.2, -0.15) is 0 Å². The average molecular weight is 394 g/mol. The summed E-state index contributed by atoms with van der Waals surface area (Å²) in [6.45, 7) is 0. The van der Waals surface area contributed by atoms with Crippen LogP contribution in [0.4, 0.5) is 5.69 Å². The summed E-state index contributed by atoms with van der Waals surface area (Å²) in [4.78, 5) is 41.0. The SMILES string of the molecule is O=C1C[C@@H](N2C(=O)/C(=C/c3ccccc3)SC2=S)C(=O)N1c1ccccc1. The van der Waals surface area contributed by atoms with Crippen LogP contribution in [0.1, 0.15) is 12.0 Å². The molecule has 0 aromatic heterocycles. The Hall–Kier alpha value is -2.77. The van der Waals surface area contributed by atoms with Gasteiger partial charge in [-0.25, -0.2) is 4.90 Å². The van der Waals surface area contributed by atoms with E-state index in [0.29, 0.717) is 14.9 Å². The molecule has 2 aromatic rings. The number of hydrogen-bond donors (Lipinski definition) is 0. The first-order valence-corrected chi connectivity index (χ1v) is 9.52. The highest BCUT2D eigenvalue weighted by atomic mass is 32.2. The Morgan fingerprint density at radius 3 is 2.26 bits per heavy atom. The highest BCUT2D eigenvalue weighted by molar-refractivity contribution is 8.26. The topological polar surface area (TPSA) is 57.7 Å². The molecule has 0 saturated carbocycles. The Bertz CT molecular complexity index is 973. The number of imide groups is 1. The summed E-state index contributed by atoms with van der Waals surface area (Å²) < 4.78 is 0.295. The van der Waals surface area contributed by atoms with Gasteiger partial charge in [0.2, 0.25) is 5.91 Å². The number of hydrogen-bond acceptors (Lipinski definition) is 5. The Morgan fingerprint density at radius 1 is 0.963 bits per heavy atom. The van der Waals surface area contributed by atoms with Crippen LogP contribution in [0.25, 0.3) is 6.08 Å². The Kier molecular flexibility index (Phi) is 4.63. The highest BCUT2D eigenvalue weighted by Crippen LogP contribution is 2.37. The number of thiocarbonyl (C=S) groups is 1. The van der Waals surface area contributed by atoms with Gasteiger partial charge >= 0.3 is 0 Å². The summed E-state index contributed by atoms with van der Waals surface area (Å²) in [6.07, 6.45) is 1.67. The van der Waals surface area contributed by atoms with Crippen LogP contribution in [0, 0.1) is 0 Å². The maximum absolute atomic E-state index is 12.9. The van der Waals surface area contributed by atoms with Gasteiger partial charge in [0.05, 0.1) is 17.0 Å². The molecule has 1 atom stereocenters. The molecular formula is C20H14N2O3S2. The molecule has 2 heterocycles. The van der Waals surface area contributed by atoms with Crippen molar-refractivity contribution in [3.8, 4) is 0 Å². The van der Waals surface area contributed by atoms with Crippen LogP contribution in [0.15, 0.2) is 65.6 Å². The van der Waals surface area contributed by atoms with Gasteiger partial charge in [0, 0.05) is 0 Å². The molecule has 2 aromatic carbocycles. The van der Waals surface area contributed by atoms with E-state index in [1.165, 1.54) is 4.90 Å². The van der Waals surface area contributed by atoms with Gasteiger partial charge < -0.3 is 0 Å². The van der Waals surface area contributed by atoms with Crippen LogP contribution >= 0.6 is 24.0 Å². The van der Waals surface area contributed by atoms with Crippen molar-refractivity contribution in [2.24, 2.45) is 0 Å². The Balaban J connectivity index is 1.61. The number of anilines is 1. The Morgan fingerprint density at radius 2 is 1.59 bits per heavy atom.